The van der Waals surface area contributed by atoms with Gasteiger partial charge in [-0.3, -0.25) is 4.79 Å². The molecule has 2 saturated carbocycles. The van der Waals surface area contributed by atoms with Crippen molar-refractivity contribution in [2.75, 3.05) is 6.61 Å². The van der Waals surface area contributed by atoms with E-state index in [0.717, 1.165) is 37.9 Å². The number of carbonyl (C=O) groups excluding carboxylic acids is 1. The van der Waals surface area contributed by atoms with Gasteiger partial charge < -0.3 is 14.2 Å². The second kappa shape index (κ2) is 7.31. The Balaban J connectivity index is 1.48. The number of fused-ring (bicyclic) bond motifs is 1. The summed E-state index contributed by atoms with van der Waals surface area (Å²) < 4.78 is 17.3. The average Bonchev–Trinajstić information content (AvgIpc) is 3.07. The van der Waals surface area contributed by atoms with Gasteiger partial charge in [0.1, 0.15) is 0 Å². The predicted octanol–water partition coefficient (Wildman–Crippen LogP) is 3.65. The molecule has 4 heteroatoms. The van der Waals surface area contributed by atoms with E-state index in [2.05, 4.69) is 6.92 Å². The second-order valence-electron chi connectivity index (χ2n) is 6.91. The summed E-state index contributed by atoms with van der Waals surface area (Å²) in [7, 11) is 0. The Hall–Kier alpha value is -0.610. The van der Waals surface area contributed by atoms with E-state index in [1.54, 1.807) is 0 Å². The standard InChI is InChI=1S/C18H28O4/c1-3-5-6-13(18(19)20-4-2)7-8-17-21-15-10-12-9-14(15)16(11-12)22-17/h12-16H,1,3-11H2,2H3. The lowest BCUT2D eigenvalue weighted by Gasteiger charge is -2.39. The number of unbranched alkanes of at least 4 members (excludes halogenated alkanes) is 1. The van der Waals surface area contributed by atoms with Crippen LogP contribution in [0.5, 0.6) is 0 Å². The molecule has 0 aromatic heterocycles. The molecule has 2 radical (unpaired) electrons. The van der Waals surface area contributed by atoms with E-state index in [0.29, 0.717) is 31.2 Å². The highest BCUT2D eigenvalue weighted by Gasteiger charge is 2.52. The first-order chi connectivity index (χ1) is 10.7. The fourth-order valence-corrected chi connectivity index (χ4v) is 4.30. The number of hydrogen-bond acceptors (Lipinski definition) is 4. The normalized spacial score (nSPS) is 34.8. The lowest BCUT2D eigenvalue weighted by Crippen LogP contribution is -2.41. The van der Waals surface area contributed by atoms with Gasteiger partial charge >= 0.3 is 5.97 Å². The fourth-order valence-electron chi connectivity index (χ4n) is 4.30. The largest absolute Gasteiger partial charge is 0.466 e. The maximum Gasteiger partial charge on any atom is 0.308 e. The maximum absolute atomic E-state index is 12.0. The van der Waals surface area contributed by atoms with E-state index < -0.39 is 0 Å². The van der Waals surface area contributed by atoms with Gasteiger partial charge in [-0.05, 0) is 44.9 Å². The third-order valence-electron chi connectivity index (χ3n) is 5.38. The summed E-state index contributed by atoms with van der Waals surface area (Å²) in [6, 6.07) is 0. The molecule has 2 bridgehead atoms. The van der Waals surface area contributed by atoms with Crippen LogP contribution in [0.15, 0.2) is 0 Å². The van der Waals surface area contributed by atoms with Crippen LogP contribution in [0.2, 0.25) is 0 Å². The van der Waals surface area contributed by atoms with Crippen molar-refractivity contribution >= 4 is 5.97 Å². The first kappa shape index (κ1) is 16.3. The first-order valence-corrected chi connectivity index (χ1v) is 8.86. The van der Waals surface area contributed by atoms with Gasteiger partial charge in [0.15, 0.2) is 0 Å². The van der Waals surface area contributed by atoms with Crippen molar-refractivity contribution in [2.24, 2.45) is 17.8 Å². The van der Waals surface area contributed by atoms with Crippen LogP contribution in [-0.2, 0) is 19.0 Å². The molecule has 3 aliphatic rings. The Labute approximate surface area is 133 Å². The lowest BCUT2D eigenvalue weighted by atomic mass is 9.92. The molecule has 0 aromatic carbocycles. The van der Waals surface area contributed by atoms with Crippen molar-refractivity contribution in [3.05, 3.63) is 13.2 Å². The summed E-state index contributed by atoms with van der Waals surface area (Å²) in [5.41, 5.74) is 0. The van der Waals surface area contributed by atoms with Gasteiger partial charge in [-0.2, -0.15) is 0 Å². The third-order valence-corrected chi connectivity index (χ3v) is 5.38. The number of ether oxygens (including phenoxy) is 3. The molecule has 22 heavy (non-hydrogen) atoms. The van der Waals surface area contributed by atoms with Gasteiger partial charge in [0.2, 0.25) is 6.29 Å². The minimum Gasteiger partial charge on any atom is -0.466 e. The number of hydrogen-bond donors (Lipinski definition) is 0. The van der Waals surface area contributed by atoms with Crippen LogP contribution in [0.4, 0.5) is 0 Å². The van der Waals surface area contributed by atoms with Crippen LogP contribution >= 0.6 is 0 Å². The first-order valence-electron chi connectivity index (χ1n) is 8.86. The highest BCUT2D eigenvalue weighted by Crippen LogP contribution is 2.52. The summed E-state index contributed by atoms with van der Waals surface area (Å²) >= 11 is 0. The molecule has 1 saturated heterocycles. The monoisotopic (exact) mass is 308 g/mol. The van der Waals surface area contributed by atoms with Crippen molar-refractivity contribution in [1.82, 2.24) is 0 Å². The zero-order chi connectivity index (χ0) is 15.5. The minimum absolute atomic E-state index is 0.0585. The van der Waals surface area contributed by atoms with E-state index in [1.807, 2.05) is 6.92 Å². The van der Waals surface area contributed by atoms with Crippen molar-refractivity contribution in [3.63, 3.8) is 0 Å². The molecule has 3 rings (SSSR count). The molecule has 1 aliphatic heterocycles. The summed E-state index contributed by atoms with van der Waals surface area (Å²) in [6.07, 6.45) is 9.27. The molecule has 1 heterocycles. The Bertz CT molecular complexity index is 367. The minimum atomic E-state index is -0.0881. The number of esters is 1. The lowest BCUT2D eigenvalue weighted by molar-refractivity contribution is -0.199. The van der Waals surface area contributed by atoms with Crippen molar-refractivity contribution < 1.29 is 19.0 Å². The third kappa shape index (κ3) is 3.48. The second-order valence-corrected chi connectivity index (χ2v) is 6.91. The van der Waals surface area contributed by atoms with E-state index in [1.165, 1.54) is 19.3 Å². The highest BCUT2D eigenvalue weighted by atomic mass is 16.7. The number of rotatable bonds is 8. The summed E-state index contributed by atoms with van der Waals surface area (Å²) in [6.45, 7) is 6.15. The zero-order valence-electron chi connectivity index (χ0n) is 13.6. The molecule has 0 spiro atoms. The molecule has 0 amide bonds. The molecule has 3 atom stereocenters. The van der Waals surface area contributed by atoms with Gasteiger partial charge in [0.05, 0.1) is 24.7 Å². The fraction of sp³-hybridized carbons (Fsp3) is 0.833. The van der Waals surface area contributed by atoms with E-state index in [9.17, 15) is 4.79 Å². The summed E-state index contributed by atoms with van der Waals surface area (Å²) in [4.78, 5) is 12.0. The molecule has 3 fully saturated rings. The Morgan fingerprint density at radius 2 is 2.00 bits per heavy atom. The van der Waals surface area contributed by atoms with Crippen LogP contribution in [0, 0.1) is 31.0 Å². The van der Waals surface area contributed by atoms with Crippen molar-refractivity contribution in [3.8, 4) is 0 Å². The summed E-state index contributed by atoms with van der Waals surface area (Å²) in [5, 5.41) is 0. The van der Waals surface area contributed by atoms with Crippen LogP contribution in [0.3, 0.4) is 0 Å². The van der Waals surface area contributed by atoms with Gasteiger partial charge in [-0.1, -0.05) is 19.8 Å². The zero-order valence-corrected chi connectivity index (χ0v) is 13.6. The Kier molecular flexibility index (Phi) is 5.40. The van der Waals surface area contributed by atoms with Gasteiger partial charge in [0, 0.05) is 12.3 Å². The smallest absolute Gasteiger partial charge is 0.308 e. The number of carbonyl (C=O) groups is 1. The highest BCUT2D eigenvalue weighted by molar-refractivity contribution is 5.72. The van der Waals surface area contributed by atoms with Gasteiger partial charge in [-0.15, -0.1) is 0 Å². The Morgan fingerprint density at radius 1 is 1.27 bits per heavy atom. The van der Waals surface area contributed by atoms with Crippen LogP contribution in [-0.4, -0.2) is 24.8 Å². The van der Waals surface area contributed by atoms with E-state index >= 15 is 0 Å². The van der Waals surface area contributed by atoms with Crippen molar-refractivity contribution in [2.45, 2.75) is 70.5 Å². The van der Waals surface area contributed by atoms with E-state index in [-0.39, 0.29) is 11.9 Å². The molecular formula is C18H28O4. The molecule has 3 unspecified atom stereocenters. The average molecular weight is 308 g/mol. The SMILES string of the molecule is [CH2]CCCC(CC[C]1OC2CC3CC(O1)C2C3)C(=O)OCC. The maximum atomic E-state index is 12.0. The molecule has 0 aromatic rings. The molecule has 124 valence electrons. The quantitative estimate of drug-likeness (QED) is 0.642. The van der Waals surface area contributed by atoms with Crippen molar-refractivity contribution in [1.29, 1.82) is 0 Å². The molecular weight excluding hydrogens is 280 g/mol. The molecule has 4 nitrogen and oxygen atoms in total. The van der Waals surface area contributed by atoms with Gasteiger partial charge in [0.25, 0.3) is 0 Å². The van der Waals surface area contributed by atoms with E-state index in [4.69, 9.17) is 14.2 Å². The topological polar surface area (TPSA) is 44.8 Å². The van der Waals surface area contributed by atoms with Crippen LogP contribution in [0.1, 0.15) is 58.3 Å². The van der Waals surface area contributed by atoms with Gasteiger partial charge in [-0.25, -0.2) is 0 Å². The van der Waals surface area contributed by atoms with Crippen LogP contribution < -0.4 is 0 Å². The molecule has 0 N–H and O–H groups in total. The summed E-state index contributed by atoms with van der Waals surface area (Å²) in [5.74, 6) is 1.28. The Morgan fingerprint density at radius 3 is 2.59 bits per heavy atom. The van der Waals surface area contributed by atoms with Crippen LogP contribution in [0.25, 0.3) is 0 Å². The molecule has 2 aliphatic carbocycles. The predicted molar refractivity (Wildman–Crippen MR) is 82.4 cm³/mol.